The summed E-state index contributed by atoms with van der Waals surface area (Å²) in [5.41, 5.74) is 0.903. The topological polar surface area (TPSA) is 396 Å². The van der Waals surface area contributed by atoms with E-state index in [0.29, 0.717) is 11.4 Å². The highest BCUT2D eigenvalue weighted by atomic mass is 32.2. The molecule has 2 heterocycles. The summed E-state index contributed by atoms with van der Waals surface area (Å²) in [5.74, 6) is -2.77. The van der Waals surface area contributed by atoms with Crippen LogP contribution in [-0.4, -0.2) is 154 Å². The molecule has 0 fully saturated rings. The van der Waals surface area contributed by atoms with Crippen molar-refractivity contribution in [3.05, 3.63) is 113 Å². The van der Waals surface area contributed by atoms with Crippen LogP contribution in [0.1, 0.15) is 60.4 Å². The third-order valence-corrected chi connectivity index (χ3v) is 12.5. The Kier molecular flexibility index (Phi) is 18.0. The zero-order chi connectivity index (χ0) is 54.1. The maximum atomic E-state index is 12.9. The van der Waals surface area contributed by atoms with Crippen LogP contribution in [-0.2, 0) is 20.2 Å². The number of allylic oxidation sites excluding steroid dienone is 4. The van der Waals surface area contributed by atoms with Crippen molar-refractivity contribution in [1.82, 2.24) is 29.9 Å². The Labute approximate surface area is 424 Å². The molecule has 2 aromatic heterocycles. The van der Waals surface area contributed by atoms with Gasteiger partial charge in [-0.1, -0.05) is 24.3 Å². The molecular formula is C46H54N12O14S2. The van der Waals surface area contributed by atoms with Gasteiger partial charge in [-0.15, -0.1) is 0 Å². The van der Waals surface area contributed by atoms with Gasteiger partial charge in [-0.2, -0.15) is 46.7 Å². The fourth-order valence-electron chi connectivity index (χ4n) is 7.29. The Morgan fingerprint density at radius 2 is 0.973 bits per heavy atom. The van der Waals surface area contributed by atoms with Gasteiger partial charge in [0, 0.05) is 55.4 Å². The van der Waals surface area contributed by atoms with E-state index in [2.05, 4.69) is 51.2 Å². The lowest BCUT2D eigenvalue weighted by Crippen LogP contribution is -2.37. The van der Waals surface area contributed by atoms with Crippen LogP contribution in [0.4, 0.5) is 52.8 Å². The summed E-state index contributed by atoms with van der Waals surface area (Å²) in [6.45, 7) is 5.98. The van der Waals surface area contributed by atoms with Crippen LogP contribution in [0, 0.1) is 0 Å². The van der Waals surface area contributed by atoms with Crippen LogP contribution in [0.15, 0.2) is 101 Å². The van der Waals surface area contributed by atoms with E-state index < -0.39 is 73.2 Å². The van der Waals surface area contributed by atoms with Crippen LogP contribution in [0.3, 0.4) is 0 Å². The second kappa shape index (κ2) is 23.9. The summed E-state index contributed by atoms with van der Waals surface area (Å²) in [5, 5.41) is 69.7. The highest BCUT2D eigenvalue weighted by Crippen LogP contribution is 2.31. The summed E-state index contributed by atoms with van der Waals surface area (Å²) in [7, 11) is -9.87. The molecule has 3 aromatic carbocycles. The fraction of sp³-hybridized carbons (Fsp3) is 0.304. The molecule has 0 saturated heterocycles. The number of aromatic nitrogens is 6. The minimum atomic E-state index is -5.00. The number of aliphatic hydroxyl groups excluding tert-OH is 4. The average Bonchev–Trinajstić information content (AvgIpc) is 3.30. The number of aromatic carboxylic acids is 2. The molecule has 394 valence electrons. The summed E-state index contributed by atoms with van der Waals surface area (Å²) in [6, 6.07) is 15.0. The molecule has 5 unspecified atom stereocenters. The Balaban J connectivity index is 1.32. The second-order valence-corrected chi connectivity index (χ2v) is 20.2. The number of hydrogen-bond donors (Lipinski definition) is 12. The van der Waals surface area contributed by atoms with Crippen molar-refractivity contribution < 1.29 is 66.2 Å². The first kappa shape index (κ1) is 55.6. The minimum absolute atomic E-state index is 0.000579. The quantitative estimate of drug-likeness (QED) is 0.0392. The standard InChI is InChI=1S/C46H54N12O14S2/c1-25(59)21-57(22-26(2)60)45-53-41(47-33-13-9-31(10-14-33)39(63)64)51-43(55-45)49-35-17-7-29(37(19-35)73(67,68)69)5-6-30-8-18-36(20-38(30)74(70,71)72)50-44-52-42(48-34-15-11-32(12-16-34)40(65)66)54-46(56-44)58(23-27(3)61)24-28(4)62/h5-19,25-28,38,59-62H,20-24H2,1-4H3,(H,63,64)(H,65,66)(H,67,68,69)(H,70,71,72)(H2,47,49,51,53,55)(H2,48,50,52,54,56)/b6-5+. The largest absolute Gasteiger partial charge is 0.478 e. The molecule has 1 aliphatic carbocycles. The van der Waals surface area contributed by atoms with Crippen molar-refractivity contribution in [1.29, 1.82) is 0 Å². The lowest BCUT2D eigenvalue weighted by molar-refractivity contribution is 0.0686. The lowest BCUT2D eigenvalue weighted by Gasteiger charge is -2.26. The fourth-order valence-corrected chi connectivity index (χ4v) is 8.89. The number of benzene rings is 3. The number of carboxylic acids is 2. The van der Waals surface area contributed by atoms with Gasteiger partial charge in [0.15, 0.2) is 0 Å². The third kappa shape index (κ3) is 15.9. The van der Waals surface area contributed by atoms with Gasteiger partial charge >= 0.3 is 11.9 Å². The molecule has 0 amide bonds. The van der Waals surface area contributed by atoms with Gasteiger partial charge in [0.25, 0.3) is 20.2 Å². The van der Waals surface area contributed by atoms with Gasteiger partial charge in [-0.25, -0.2) is 9.59 Å². The molecule has 1 aliphatic rings. The molecule has 0 bridgehead atoms. The third-order valence-electron chi connectivity index (χ3n) is 10.4. The average molecular weight is 1060 g/mol. The molecular weight excluding hydrogens is 1010 g/mol. The summed E-state index contributed by atoms with van der Waals surface area (Å²) >= 11 is 0. The Bertz CT molecular complexity index is 3140. The van der Waals surface area contributed by atoms with Crippen LogP contribution in [0.25, 0.3) is 6.08 Å². The number of nitrogens with zero attached hydrogens (tertiary/aromatic N) is 8. The van der Waals surface area contributed by atoms with Crippen LogP contribution in [0.5, 0.6) is 0 Å². The van der Waals surface area contributed by atoms with Crippen molar-refractivity contribution in [3.8, 4) is 0 Å². The second-order valence-electron chi connectivity index (χ2n) is 17.2. The predicted octanol–water partition coefficient (Wildman–Crippen LogP) is 3.66. The molecule has 74 heavy (non-hydrogen) atoms. The van der Waals surface area contributed by atoms with Crippen molar-refractivity contribution >= 4 is 91.0 Å². The van der Waals surface area contributed by atoms with Gasteiger partial charge in [0.2, 0.25) is 35.7 Å². The normalized spacial score (nSPS) is 15.5. The first-order valence-electron chi connectivity index (χ1n) is 22.5. The number of rotatable bonds is 24. The monoisotopic (exact) mass is 1060 g/mol. The molecule has 5 aromatic rings. The number of hydrogen-bond acceptors (Lipinski definition) is 22. The maximum absolute atomic E-state index is 12.9. The van der Waals surface area contributed by atoms with E-state index in [4.69, 9.17) is 0 Å². The van der Waals surface area contributed by atoms with E-state index in [-0.39, 0.29) is 95.5 Å². The van der Waals surface area contributed by atoms with E-state index in [1.807, 2.05) is 0 Å². The number of carbonyl (C=O) groups is 2. The number of aliphatic hydroxyl groups is 4. The number of carboxylic acid groups (broad SMARTS) is 2. The Hall–Kier alpha value is -7.70. The number of nitrogens with one attached hydrogen (secondary N) is 4. The minimum Gasteiger partial charge on any atom is -0.478 e. The summed E-state index contributed by atoms with van der Waals surface area (Å²) < 4.78 is 72.5. The highest BCUT2D eigenvalue weighted by molar-refractivity contribution is 7.86. The van der Waals surface area contributed by atoms with E-state index in [1.54, 1.807) is 0 Å². The summed E-state index contributed by atoms with van der Waals surface area (Å²) in [4.78, 5) is 51.7. The van der Waals surface area contributed by atoms with E-state index in [9.17, 15) is 66.2 Å². The van der Waals surface area contributed by atoms with Gasteiger partial charge in [0.1, 0.15) is 10.1 Å². The van der Waals surface area contributed by atoms with Crippen LogP contribution >= 0.6 is 0 Å². The SMILES string of the molecule is CC(O)CN(CC(C)O)c1nc(NC2=CC=C(/C=C/c3ccc(Nc4nc(Nc5ccc(C(=O)O)cc5)nc(N(CC(C)O)CC(C)O)n4)cc3S(=O)(=O)O)C(S(=O)(=O)O)C2)nc(Nc2ccc(C(=O)O)cc2)n1. The molecule has 5 atom stereocenters. The van der Waals surface area contributed by atoms with E-state index >= 15 is 0 Å². The molecule has 6 rings (SSSR count). The van der Waals surface area contributed by atoms with Crippen LogP contribution < -0.4 is 31.1 Å². The van der Waals surface area contributed by atoms with Crippen molar-refractivity contribution in [2.45, 2.75) is 68.7 Å². The van der Waals surface area contributed by atoms with Gasteiger partial charge < -0.3 is 61.7 Å². The van der Waals surface area contributed by atoms with Crippen molar-refractivity contribution in [2.24, 2.45) is 0 Å². The molecule has 0 aliphatic heterocycles. The van der Waals surface area contributed by atoms with E-state index in [1.165, 1.54) is 122 Å². The van der Waals surface area contributed by atoms with Gasteiger partial charge in [-0.3, -0.25) is 9.11 Å². The predicted molar refractivity (Wildman–Crippen MR) is 272 cm³/mol. The molecule has 0 spiro atoms. The molecule has 28 heteroatoms. The first-order chi connectivity index (χ1) is 34.8. The van der Waals surface area contributed by atoms with Gasteiger partial charge in [-0.05, 0) is 106 Å². The maximum Gasteiger partial charge on any atom is 0.335 e. The van der Waals surface area contributed by atoms with E-state index in [0.717, 1.165) is 6.07 Å². The smallest absolute Gasteiger partial charge is 0.335 e. The molecule has 0 saturated carbocycles. The lowest BCUT2D eigenvalue weighted by atomic mass is 10.0. The zero-order valence-electron chi connectivity index (χ0n) is 40.0. The Morgan fingerprint density at radius 3 is 1.35 bits per heavy atom. The van der Waals surface area contributed by atoms with Crippen molar-refractivity contribution in [2.75, 3.05) is 57.2 Å². The molecule has 0 radical (unpaired) electrons. The highest BCUT2D eigenvalue weighted by Gasteiger charge is 2.30. The van der Waals surface area contributed by atoms with Crippen molar-refractivity contribution in [3.63, 3.8) is 0 Å². The molecule has 26 nitrogen and oxygen atoms in total. The summed E-state index contributed by atoms with van der Waals surface area (Å²) in [6.07, 6.45) is 1.27. The number of anilines is 9. The molecule has 12 N–H and O–H groups in total. The Morgan fingerprint density at radius 1 is 0.581 bits per heavy atom. The van der Waals surface area contributed by atoms with Crippen LogP contribution in [0.2, 0.25) is 0 Å². The zero-order valence-corrected chi connectivity index (χ0v) is 41.6. The first-order valence-corrected chi connectivity index (χ1v) is 25.4. The van der Waals surface area contributed by atoms with Gasteiger partial charge in [0.05, 0.1) is 35.5 Å².